The van der Waals surface area contributed by atoms with Gasteiger partial charge in [0.15, 0.2) is 5.69 Å². The van der Waals surface area contributed by atoms with Crippen LogP contribution in [0, 0.1) is 0 Å². The van der Waals surface area contributed by atoms with Gasteiger partial charge in [-0.3, -0.25) is 14.4 Å². The molecule has 2 N–H and O–H groups in total. The fourth-order valence-electron chi connectivity index (χ4n) is 7.19. The molecule has 2 aliphatic rings. The van der Waals surface area contributed by atoms with Crippen LogP contribution in [0.1, 0.15) is 89.0 Å². The lowest BCUT2D eigenvalue weighted by Gasteiger charge is -2.37. The van der Waals surface area contributed by atoms with Gasteiger partial charge in [0.2, 0.25) is 5.91 Å². The number of halogens is 1. The molecule has 0 aliphatic heterocycles. The number of likely N-dealkylation sites (N-methyl/N-ethyl adjacent to an activating group) is 1. The lowest BCUT2D eigenvalue weighted by Crippen LogP contribution is -2.48. The van der Waals surface area contributed by atoms with E-state index in [2.05, 4.69) is 15.7 Å². The van der Waals surface area contributed by atoms with Crippen LogP contribution in [0.25, 0.3) is 0 Å². The van der Waals surface area contributed by atoms with Gasteiger partial charge in [0.1, 0.15) is 12.2 Å². The summed E-state index contributed by atoms with van der Waals surface area (Å²) in [5, 5.41) is 11.1. The molecule has 1 heterocycles. The molecule has 2 saturated carbocycles. The second-order valence-electron chi connectivity index (χ2n) is 13.8. The number of hydrogen-bond acceptors (Lipinski definition) is 6. The molecule has 1 aromatic heterocycles. The zero-order chi connectivity index (χ0) is 36.3. The van der Waals surface area contributed by atoms with Crippen molar-refractivity contribution in [2.24, 2.45) is 0 Å². The highest BCUT2D eigenvalue weighted by molar-refractivity contribution is 6.30. The Labute approximate surface area is 310 Å². The maximum Gasteiger partial charge on any atom is 0.272 e. The molecule has 10 nitrogen and oxygen atoms in total. The van der Waals surface area contributed by atoms with E-state index in [4.69, 9.17) is 21.1 Å². The summed E-state index contributed by atoms with van der Waals surface area (Å²) in [5.74, 6) is -1.08. The van der Waals surface area contributed by atoms with Gasteiger partial charge in [-0.15, -0.1) is 0 Å². The first-order valence-electron chi connectivity index (χ1n) is 18.3. The fraction of sp³-hybridized carbons (Fsp3) is 0.415. The molecule has 0 bridgehead atoms. The molecule has 4 aromatic rings. The minimum absolute atomic E-state index is 0.0498. The van der Waals surface area contributed by atoms with Crippen LogP contribution < -0.4 is 10.6 Å². The van der Waals surface area contributed by atoms with Gasteiger partial charge in [0, 0.05) is 24.7 Å². The molecular weight excluding hydrogens is 678 g/mol. The van der Waals surface area contributed by atoms with Gasteiger partial charge in [0.05, 0.1) is 37.5 Å². The molecular formula is C41H48ClN5O5. The van der Waals surface area contributed by atoms with Crippen molar-refractivity contribution in [3.05, 3.63) is 124 Å². The summed E-state index contributed by atoms with van der Waals surface area (Å²) in [6.45, 7) is 0.921. The number of ether oxygens (including phenoxy) is 2. The molecule has 0 radical (unpaired) electrons. The molecule has 3 aromatic carbocycles. The molecule has 2 aliphatic carbocycles. The largest absolute Gasteiger partial charge is 0.371 e. The number of hydrogen-bond donors (Lipinski definition) is 2. The Hall–Kier alpha value is -4.51. The van der Waals surface area contributed by atoms with Crippen LogP contribution in [0.2, 0.25) is 5.02 Å². The number of aromatic nitrogens is 2. The van der Waals surface area contributed by atoms with Gasteiger partial charge in [-0.1, -0.05) is 110 Å². The first kappa shape index (κ1) is 37.3. The van der Waals surface area contributed by atoms with Crippen LogP contribution in [0.4, 0.5) is 0 Å². The Morgan fingerprint density at radius 2 is 1.40 bits per heavy atom. The zero-order valence-corrected chi connectivity index (χ0v) is 30.5. The van der Waals surface area contributed by atoms with Crippen LogP contribution in [0.3, 0.4) is 0 Å². The topological polar surface area (TPSA) is 115 Å². The van der Waals surface area contributed by atoms with Gasteiger partial charge in [-0.25, -0.2) is 4.68 Å². The van der Waals surface area contributed by atoms with Crippen LogP contribution in [0.5, 0.6) is 0 Å². The Morgan fingerprint density at radius 3 is 2.10 bits per heavy atom. The number of nitrogens with one attached hydrogen (secondary N) is 2. The zero-order valence-electron chi connectivity index (χ0n) is 29.7. The molecule has 4 atom stereocenters. The van der Waals surface area contributed by atoms with Crippen LogP contribution in [-0.2, 0) is 40.6 Å². The van der Waals surface area contributed by atoms with E-state index in [-0.39, 0.29) is 60.6 Å². The minimum Gasteiger partial charge on any atom is -0.371 e. The Kier molecular flexibility index (Phi) is 13.1. The van der Waals surface area contributed by atoms with Crippen molar-refractivity contribution in [1.82, 2.24) is 25.3 Å². The first-order valence-corrected chi connectivity index (χ1v) is 18.7. The first-order chi connectivity index (χ1) is 25.3. The van der Waals surface area contributed by atoms with E-state index < -0.39 is 5.91 Å². The summed E-state index contributed by atoms with van der Waals surface area (Å²) >= 11 is 6.14. The third-order valence-corrected chi connectivity index (χ3v) is 10.3. The Balaban J connectivity index is 1.17. The second-order valence-corrected chi connectivity index (χ2v) is 14.2. The van der Waals surface area contributed by atoms with Gasteiger partial charge < -0.3 is 25.0 Å². The predicted molar refractivity (Wildman–Crippen MR) is 200 cm³/mol. The molecule has 0 saturated heterocycles. The van der Waals surface area contributed by atoms with Crippen molar-refractivity contribution in [1.29, 1.82) is 0 Å². The lowest BCUT2D eigenvalue weighted by atomic mass is 9.91. The Morgan fingerprint density at radius 1 is 0.788 bits per heavy atom. The maximum absolute atomic E-state index is 14.3. The van der Waals surface area contributed by atoms with E-state index >= 15 is 0 Å². The summed E-state index contributed by atoms with van der Waals surface area (Å²) in [6, 6.07) is 28.3. The van der Waals surface area contributed by atoms with Gasteiger partial charge >= 0.3 is 0 Å². The fourth-order valence-corrected chi connectivity index (χ4v) is 7.40. The van der Waals surface area contributed by atoms with E-state index in [1.54, 1.807) is 24.1 Å². The van der Waals surface area contributed by atoms with Crippen LogP contribution in [-0.4, -0.2) is 63.7 Å². The van der Waals surface area contributed by atoms with Crippen LogP contribution in [0.15, 0.2) is 91.0 Å². The lowest BCUT2D eigenvalue weighted by molar-refractivity contribution is -0.124. The summed E-state index contributed by atoms with van der Waals surface area (Å²) in [5.41, 5.74) is 3.19. The molecule has 0 spiro atoms. The highest BCUT2D eigenvalue weighted by Crippen LogP contribution is 2.28. The highest BCUT2D eigenvalue weighted by Gasteiger charge is 2.34. The van der Waals surface area contributed by atoms with Gasteiger partial charge in [0.25, 0.3) is 11.8 Å². The molecule has 11 heteroatoms. The van der Waals surface area contributed by atoms with Crippen molar-refractivity contribution in [3.8, 4) is 0 Å². The summed E-state index contributed by atoms with van der Waals surface area (Å²) < 4.78 is 14.0. The molecule has 6 rings (SSSR count). The van der Waals surface area contributed by atoms with E-state index in [1.165, 1.54) is 10.7 Å². The SMILES string of the molecule is CN(C(=O)c1cc(C(=O)NCc2cccc(Cl)c2)nn1CC(=O)N[C@H]1CCCC[C@@H]1OCc1ccccc1)[C@H]1CCCC[C@@H]1OCc1ccccc1. The predicted octanol–water partition coefficient (Wildman–Crippen LogP) is 6.71. The molecule has 0 unspecified atom stereocenters. The smallest absolute Gasteiger partial charge is 0.272 e. The van der Waals surface area contributed by atoms with Crippen LogP contribution >= 0.6 is 11.6 Å². The number of carbonyl (C=O) groups is 3. The van der Waals surface area contributed by atoms with E-state index in [1.807, 2.05) is 72.8 Å². The van der Waals surface area contributed by atoms with E-state index in [9.17, 15) is 14.4 Å². The maximum atomic E-state index is 14.3. The molecule has 274 valence electrons. The molecule has 52 heavy (non-hydrogen) atoms. The standard InChI is InChI=1S/C41H48ClN5O5/c1-46(35-20-9-11-22-38(35)52-28-30-15-6-3-7-16-30)41(50)36-24-34(40(49)43-25-31-17-12-18-32(42)23-31)45-47(36)26-39(48)44-33-19-8-10-21-37(33)51-27-29-13-4-2-5-14-29/h2-7,12-18,23-24,33,35,37-38H,8-11,19-22,25-28H2,1H3,(H,43,49)(H,44,48)/t33-,35-,37-,38-/m0/s1. The second kappa shape index (κ2) is 18.3. The number of rotatable bonds is 14. The third-order valence-electron chi connectivity index (χ3n) is 10.0. The van der Waals surface area contributed by atoms with Crippen molar-refractivity contribution >= 4 is 29.3 Å². The molecule has 2 fully saturated rings. The summed E-state index contributed by atoms with van der Waals surface area (Å²) in [6.07, 6.45) is 6.99. The van der Waals surface area contributed by atoms with Crippen molar-refractivity contribution in [2.75, 3.05) is 7.05 Å². The molecule has 3 amide bonds. The monoisotopic (exact) mass is 725 g/mol. The number of amides is 3. The number of nitrogens with zero attached hydrogens (tertiary/aromatic N) is 3. The van der Waals surface area contributed by atoms with Crippen molar-refractivity contribution in [3.63, 3.8) is 0 Å². The van der Waals surface area contributed by atoms with E-state index in [0.717, 1.165) is 68.1 Å². The van der Waals surface area contributed by atoms with E-state index in [0.29, 0.717) is 18.2 Å². The normalized spacial score (nSPS) is 20.2. The summed E-state index contributed by atoms with van der Waals surface area (Å²) in [4.78, 5) is 43.0. The van der Waals surface area contributed by atoms with Gasteiger partial charge in [-0.05, 0) is 54.5 Å². The Bertz CT molecular complexity index is 1780. The number of benzene rings is 3. The van der Waals surface area contributed by atoms with Gasteiger partial charge in [-0.2, -0.15) is 5.10 Å². The minimum atomic E-state index is -0.459. The number of carbonyl (C=O) groups excluding carboxylic acids is 3. The highest BCUT2D eigenvalue weighted by atomic mass is 35.5. The summed E-state index contributed by atoms with van der Waals surface area (Å²) in [7, 11) is 1.77. The average molecular weight is 726 g/mol. The third kappa shape index (κ3) is 10.1. The van der Waals surface area contributed by atoms with Crippen molar-refractivity contribution < 1.29 is 23.9 Å². The quantitative estimate of drug-likeness (QED) is 0.149. The average Bonchev–Trinajstić information content (AvgIpc) is 3.59. The van der Waals surface area contributed by atoms with Crippen molar-refractivity contribution in [2.45, 2.75) is 102 Å².